The Labute approximate surface area is 223 Å². The van der Waals surface area contributed by atoms with Crippen molar-refractivity contribution in [1.82, 2.24) is 10.2 Å². The van der Waals surface area contributed by atoms with Crippen LogP contribution >= 0.6 is 0 Å². The van der Waals surface area contributed by atoms with E-state index in [9.17, 15) is 18.7 Å². The number of halogens is 2. The third-order valence-corrected chi connectivity index (χ3v) is 6.65. The van der Waals surface area contributed by atoms with E-state index in [-0.39, 0.29) is 18.4 Å². The lowest BCUT2D eigenvalue weighted by molar-refractivity contribution is -0.0108. The highest BCUT2D eigenvalue weighted by atomic mass is 19.1. The first kappa shape index (κ1) is 29.2. The molecule has 0 bridgehead atoms. The highest BCUT2D eigenvalue weighted by Crippen LogP contribution is 2.17. The highest BCUT2D eigenvalue weighted by molar-refractivity contribution is 5.94. The normalized spacial score (nSPS) is 13.7. The van der Waals surface area contributed by atoms with Gasteiger partial charge in [-0.25, -0.2) is 8.78 Å². The van der Waals surface area contributed by atoms with Gasteiger partial charge < -0.3 is 20.9 Å². The van der Waals surface area contributed by atoms with E-state index >= 15 is 0 Å². The number of aryl methyl sites for hydroxylation is 1. The van der Waals surface area contributed by atoms with E-state index in [1.807, 2.05) is 24.0 Å². The average Bonchev–Trinajstić information content (AvgIpc) is 2.90. The number of nitrogens with zero attached hydrogens (tertiary/aromatic N) is 1. The second-order valence-electron chi connectivity index (χ2n) is 9.65. The zero-order chi connectivity index (χ0) is 27.7. The van der Waals surface area contributed by atoms with Crippen LogP contribution in [-0.4, -0.2) is 48.4 Å². The first-order valence-corrected chi connectivity index (χ1v) is 12.8. The molecule has 0 fully saturated rings. The quantitative estimate of drug-likeness (QED) is 0.290. The molecule has 3 aromatic carbocycles. The molecule has 0 radical (unpaired) electrons. The zero-order valence-corrected chi connectivity index (χ0v) is 22.2. The van der Waals surface area contributed by atoms with Crippen LogP contribution in [0.25, 0.3) is 0 Å². The van der Waals surface area contributed by atoms with E-state index in [1.54, 1.807) is 31.4 Å². The molecule has 0 aliphatic rings. The fourth-order valence-electron chi connectivity index (χ4n) is 4.34. The average molecular weight is 526 g/mol. The summed E-state index contributed by atoms with van der Waals surface area (Å²) in [7, 11) is 1.56. The molecule has 204 valence electrons. The number of hydrogen-bond acceptors (Lipinski definition) is 5. The predicted octanol–water partition coefficient (Wildman–Crippen LogP) is 4.29. The minimum absolute atomic E-state index is 0.00932. The van der Waals surface area contributed by atoms with Crippen molar-refractivity contribution < 1.29 is 23.4 Å². The van der Waals surface area contributed by atoms with Gasteiger partial charge in [0, 0.05) is 30.8 Å². The van der Waals surface area contributed by atoms with Crippen molar-refractivity contribution in [2.24, 2.45) is 11.7 Å². The maximum atomic E-state index is 13.6. The van der Waals surface area contributed by atoms with Crippen LogP contribution in [0.4, 0.5) is 8.78 Å². The van der Waals surface area contributed by atoms with E-state index in [4.69, 9.17) is 10.5 Å². The number of ether oxygens (including phenoxy) is 1. The van der Waals surface area contributed by atoms with Crippen LogP contribution < -0.4 is 15.8 Å². The predicted molar refractivity (Wildman–Crippen MR) is 145 cm³/mol. The molecule has 0 aromatic heterocycles. The summed E-state index contributed by atoms with van der Waals surface area (Å²) in [5.41, 5.74) is 9.57. The zero-order valence-electron chi connectivity index (χ0n) is 22.2. The maximum Gasteiger partial charge on any atom is 0.251 e. The number of aliphatic hydroxyl groups excluding tert-OH is 1. The van der Waals surface area contributed by atoms with Gasteiger partial charge in [-0.1, -0.05) is 38.1 Å². The SMILES string of the molecule is CCc1cccc(CN(CC(C)[C@H](N)Cc2cc(F)cc(F)c2)C(O)CNC(=O)c2ccc(OC)cc2)c1. The number of amides is 1. The van der Waals surface area contributed by atoms with Gasteiger partial charge in [0.05, 0.1) is 13.7 Å². The third-order valence-electron chi connectivity index (χ3n) is 6.65. The summed E-state index contributed by atoms with van der Waals surface area (Å²) < 4.78 is 32.4. The van der Waals surface area contributed by atoms with E-state index in [0.717, 1.165) is 18.1 Å². The molecule has 0 heterocycles. The molecule has 2 unspecified atom stereocenters. The van der Waals surface area contributed by atoms with Gasteiger partial charge in [-0.3, -0.25) is 9.69 Å². The number of rotatable bonds is 13. The van der Waals surface area contributed by atoms with Crippen LogP contribution in [0.1, 0.15) is 40.9 Å². The number of nitrogens with two attached hydrogens (primary N) is 1. The van der Waals surface area contributed by atoms with Gasteiger partial charge in [0.2, 0.25) is 0 Å². The number of benzene rings is 3. The van der Waals surface area contributed by atoms with E-state index < -0.39 is 23.9 Å². The summed E-state index contributed by atoms with van der Waals surface area (Å²) in [5.74, 6) is -1.06. The third kappa shape index (κ3) is 8.62. The van der Waals surface area contributed by atoms with E-state index in [2.05, 4.69) is 24.4 Å². The number of nitrogens with one attached hydrogen (secondary N) is 1. The summed E-state index contributed by atoms with van der Waals surface area (Å²) in [6.07, 6.45) is 0.197. The molecule has 0 aliphatic carbocycles. The molecule has 1 amide bonds. The Bertz CT molecular complexity index is 1170. The summed E-state index contributed by atoms with van der Waals surface area (Å²) in [6.45, 7) is 4.89. The van der Waals surface area contributed by atoms with Crippen LogP contribution in [0.2, 0.25) is 0 Å². The Morgan fingerprint density at radius 3 is 2.32 bits per heavy atom. The Balaban J connectivity index is 1.69. The molecule has 0 saturated carbocycles. The van der Waals surface area contributed by atoms with Crippen LogP contribution in [0, 0.1) is 17.6 Å². The molecule has 3 rings (SSSR count). The van der Waals surface area contributed by atoms with Crippen LogP contribution in [0.5, 0.6) is 5.75 Å². The molecule has 3 aromatic rings. The van der Waals surface area contributed by atoms with E-state index in [1.165, 1.54) is 17.7 Å². The largest absolute Gasteiger partial charge is 0.497 e. The van der Waals surface area contributed by atoms with Crippen molar-refractivity contribution >= 4 is 5.91 Å². The molecule has 38 heavy (non-hydrogen) atoms. The Morgan fingerprint density at radius 1 is 1.03 bits per heavy atom. The van der Waals surface area contributed by atoms with Crippen LogP contribution in [-0.2, 0) is 19.4 Å². The number of carbonyl (C=O) groups is 1. The van der Waals surface area contributed by atoms with Crippen molar-refractivity contribution in [3.8, 4) is 5.75 Å². The molecule has 0 aliphatic heterocycles. The summed E-state index contributed by atoms with van der Waals surface area (Å²) in [4.78, 5) is 14.5. The van der Waals surface area contributed by atoms with Gasteiger partial charge in [-0.2, -0.15) is 0 Å². The summed E-state index contributed by atoms with van der Waals surface area (Å²) in [5, 5.41) is 13.9. The van der Waals surface area contributed by atoms with Crippen molar-refractivity contribution in [3.63, 3.8) is 0 Å². The van der Waals surface area contributed by atoms with E-state index in [0.29, 0.717) is 36.4 Å². The van der Waals surface area contributed by atoms with Crippen molar-refractivity contribution in [1.29, 1.82) is 0 Å². The smallest absolute Gasteiger partial charge is 0.251 e. The molecule has 3 atom stereocenters. The van der Waals surface area contributed by atoms with Crippen LogP contribution in [0.3, 0.4) is 0 Å². The first-order valence-electron chi connectivity index (χ1n) is 12.8. The monoisotopic (exact) mass is 525 g/mol. The number of methoxy groups -OCH3 is 1. The van der Waals surface area contributed by atoms with Gasteiger partial charge in [0.15, 0.2) is 0 Å². The lowest BCUT2D eigenvalue weighted by Crippen LogP contribution is -2.47. The lowest BCUT2D eigenvalue weighted by atomic mass is 9.94. The van der Waals surface area contributed by atoms with Crippen molar-refractivity contribution in [2.45, 2.75) is 45.5 Å². The number of hydrogen-bond donors (Lipinski definition) is 3. The fraction of sp³-hybridized carbons (Fsp3) is 0.367. The fourth-order valence-corrected chi connectivity index (χ4v) is 4.34. The molecule has 4 N–H and O–H groups in total. The molecular weight excluding hydrogens is 488 g/mol. The van der Waals surface area contributed by atoms with Gasteiger partial charge in [0.25, 0.3) is 5.91 Å². The first-order chi connectivity index (χ1) is 18.2. The molecule has 8 heteroatoms. The Morgan fingerprint density at radius 2 is 1.68 bits per heavy atom. The van der Waals surface area contributed by atoms with Gasteiger partial charge in [-0.15, -0.1) is 0 Å². The maximum absolute atomic E-state index is 13.6. The minimum atomic E-state index is -0.983. The topological polar surface area (TPSA) is 87.8 Å². The standard InChI is InChI=1S/C30H37F2N3O3/c1-4-21-6-5-7-22(12-21)19-35(18-20(2)28(33)15-23-13-25(31)16-26(32)14-23)29(36)17-34-30(37)24-8-10-27(38-3)11-9-24/h5-14,16,20,28-29,36H,4,15,17-19,33H2,1-3H3,(H,34,37)/t20?,28-,29?/m1/s1. The van der Waals surface area contributed by atoms with Gasteiger partial charge in [-0.05, 0) is 71.8 Å². The summed E-state index contributed by atoms with van der Waals surface area (Å²) in [6, 6.07) is 17.8. The number of carbonyl (C=O) groups excluding carboxylic acids is 1. The second-order valence-corrected chi connectivity index (χ2v) is 9.65. The minimum Gasteiger partial charge on any atom is -0.497 e. The van der Waals surface area contributed by atoms with Crippen molar-refractivity contribution in [3.05, 3.63) is 101 Å². The highest BCUT2D eigenvalue weighted by Gasteiger charge is 2.23. The number of aliphatic hydroxyl groups is 1. The van der Waals surface area contributed by atoms with Gasteiger partial charge in [0.1, 0.15) is 23.6 Å². The molecule has 0 saturated heterocycles. The molecule has 6 nitrogen and oxygen atoms in total. The van der Waals surface area contributed by atoms with Crippen LogP contribution in [0.15, 0.2) is 66.7 Å². The molecule has 0 spiro atoms. The Hall–Kier alpha value is -3.33. The molecular formula is C30H37F2N3O3. The van der Waals surface area contributed by atoms with Crippen molar-refractivity contribution in [2.75, 3.05) is 20.2 Å². The Kier molecular flexibility index (Phi) is 10.8. The second kappa shape index (κ2) is 14.0. The lowest BCUT2D eigenvalue weighted by Gasteiger charge is -2.32. The summed E-state index contributed by atoms with van der Waals surface area (Å²) >= 11 is 0. The van der Waals surface area contributed by atoms with Gasteiger partial charge >= 0.3 is 0 Å².